The molecule has 2 aromatic carbocycles. The van der Waals surface area contributed by atoms with Crippen molar-refractivity contribution in [3.8, 4) is 11.4 Å². The van der Waals surface area contributed by atoms with Gasteiger partial charge in [0.2, 0.25) is 0 Å². The van der Waals surface area contributed by atoms with Crippen molar-refractivity contribution in [1.82, 2.24) is 20.2 Å². The molecule has 1 aliphatic heterocycles. The minimum Gasteiger partial charge on any atom is -0.383 e. The SMILES string of the molecule is C=C(/N=C\c1nc(-c2c(F)cccc2Cl)n(C[C@@H]2CCCNC2)c1N)NCc1ccc(F)cc1F. The van der Waals surface area contributed by atoms with Crippen molar-refractivity contribution in [3.63, 3.8) is 0 Å². The number of piperidine rings is 1. The summed E-state index contributed by atoms with van der Waals surface area (Å²) in [7, 11) is 0. The third-order valence-electron chi connectivity index (χ3n) is 5.90. The summed E-state index contributed by atoms with van der Waals surface area (Å²) >= 11 is 6.33. The fourth-order valence-corrected chi connectivity index (χ4v) is 4.30. The van der Waals surface area contributed by atoms with Crippen molar-refractivity contribution < 1.29 is 13.2 Å². The maximum Gasteiger partial charge on any atom is 0.146 e. The minimum atomic E-state index is -0.666. The molecule has 4 rings (SSSR count). The Morgan fingerprint density at radius 3 is 2.83 bits per heavy atom. The average molecular weight is 503 g/mol. The van der Waals surface area contributed by atoms with E-state index in [1.54, 1.807) is 10.6 Å². The molecule has 35 heavy (non-hydrogen) atoms. The standard InChI is InChI=1S/C25H26ClF3N6/c1-15(32-12-17-7-8-18(27)10-21(17)29)33-13-22-24(30)35(14-16-4-3-9-31-11-16)25(34-22)23-19(26)5-2-6-20(23)28/h2,5-8,10,13,16,31-32H,1,3-4,9,11-12,14,30H2/b33-13-/t16-/m1/s1. The molecule has 1 atom stereocenters. The van der Waals surface area contributed by atoms with E-state index in [0.29, 0.717) is 29.8 Å². The zero-order valence-corrected chi connectivity index (χ0v) is 19.8. The molecule has 1 aliphatic rings. The fourth-order valence-electron chi connectivity index (χ4n) is 4.05. The van der Waals surface area contributed by atoms with Crippen LogP contribution in [0.15, 0.2) is 53.8 Å². The van der Waals surface area contributed by atoms with Crippen LogP contribution in [0.5, 0.6) is 0 Å². The van der Waals surface area contributed by atoms with Gasteiger partial charge in [0, 0.05) is 24.7 Å². The second kappa shape index (κ2) is 11.0. The first-order valence-corrected chi connectivity index (χ1v) is 11.6. The zero-order valence-electron chi connectivity index (χ0n) is 19.0. The summed E-state index contributed by atoms with van der Waals surface area (Å²) < 4.78 is 43.5. The number of hydrogen-bond donors (Lipinski definition) is 3. The van der Waals surface area contributed by atoms with Crippen LogP contribution in [0.25, 0.3) is 11.4 Å². The minimum absolute atomic E-state index is 0.0664. The zero-order chi connectivity index (χ0) is 24.9. The first-order valence-electron chi connectivity index (χ1n) is 11.3. The molecular weight excluding hydrogens is 477 g/mol. The van der Waals surface area contributed by atoms with E-state index < -0.39 is 17.5 Å². The van der Waals surface area contributed by atoms with Crippen LogP contribution < -0.4 is 16.4 Å². The number of aliphatic imine (C=N–C) groups is 1. The molecule has 6 nitrogen and oxygen atoms in total. The molecule has 0 bridgehead atoms. The Labute approximate surface area is 206 Å². The lowest BCUT2D eigenvalue weighted by molar-refractivity contribution is 0.339. The van der Waals surface area contributed by atoms with Gasteiger partial charge in [-0.05, 0) is 50.0 Å². The molecule has 1 saturated heterocycles. The number of nitrogens with one attached hydrogen (secondary N) is 2. The average Bonchev–Trinajstić information content (AvgIpc) is 3.12. The fraction of sp³-hybridized carbons (Fsp3) is 0.280. The predicted molar refractivity (Wildman–Crippen MR) is 133 cm³/mol. The van der Waals surface area contributed by atoms with E-state index in [-0.39, 0.29) is 28.5 Å². The maximum absolute atomic E-state index is 14.8. The lowest BCUT2D eigenvalue weighted by Crippen LogP contribution is -2.32. The molecule has 0 amide bonds. The highest BCUT2D eigenvalue weighted by Crippen LogP contribution is 2.33. The summed E-state index contributed by atoms with van der Waals surface area (Å²) in [6.45, 7) is 6.21. The summed E-state index contributed by atoms with van der Waals surface area (Å²) in [5, 5.41) is 6.47. The van der Waals surface area contributed by atoms with Gasteiger partial charge in [-0.3, -0.25) is 0 Å². The Bertz CT molecular complexity index is 1230. The van der Waals surface area contributed by atoms with Crippen molar-refractivity contribution in [2.24, 2.45) is 10.9 Å². The van der Waals surface area contributed by atoms with E-state index in [1.165, 1.54) is 30.5 Å². The van der Waals surface area contributed by atoms with Crippen LogP contribution in [0.3, 0.4) is 0 Å². The van der Waals surface area contributed by atoms with Gasteiger partial charge in [0.15, 0.2) is 0 Å². The molecule has 0 radical (unpaired) electrons. The van der Waals surface area contributed by atoms with Gasteiger partial charge >= 0.3 is 0 Å². The lowest BCUT2D eigenvalue weighted by atomic mass is 9.99. The number of hydrogen-bond acceptors (Lipinski definition) is 5. The van der Waals surface area contributed by atoms with E-state index in [2.05, 4.69) is 27.2 Å². The molecule has 0 unspecified atom stereocenters. The Morgan fingerprint density at radius 1 is 1.29 bits per heavy atom. The normalized spacial score (nSPS) is 16.1. The quantitative estimate of drug-likeness (QED) is 0.383. The van der Waals surface area contributed by atoms with E-state index in [0.717, 1.165) is 32.0 Å². The Hall–Kier alpha value is -3.30. The molecule has 4 N–H and O–H groups in total. The summed E-state index contributed by atoms with van der Waals surface area (Å²) in [4.78, 5) is 8.79. The summed E-state index contributed by atoms with van der Waals surface area (Å²) in [5.74, 6) is -0.636. The van der Waals surface area contributed by atoms with Gasteiger partial charge in [-0.1, -0.05) is 30.3 Å². The molecule has 1 aromatic heterocycles. The highest BCUT2D eigenvalue weighted by molar-refractivity contribution is 6.33. The van der Waals surface area contributed by atoms with Gasteiger partial charge in [-0.25, -0.2) is 23.1 Å². The number of halogens is 4. The smallest absolute Gasteiger partial charge is 0.146 e. The van der Waals surface area contributed by atoms with Crippen molar-refractivity contribution in [2.75, 3.05) is 18.8 Å². The van der Waals surface area contributed by atoms with Gasteiger partial charge in [0.1, 0.15) is 40.6 Å². The van der Waals surface area contributed by atoms with Crippen LogP contribution in [-0.4, -0.2) is 28.9 Å². The molecule has 10 heteroatoms. The lowest BCUT2D eigenvalue weighted by Gasteiger charge is -2.24. The highest BCUT2D eigenvalue weighted by Gasteiger charge is 2.23. The maximum atomic E-state index is 14.8. The molecule has 3 aromatic rings. The number of aromatic nitrogens is 2. The van der Waals surface area contributed by atoms with Gasteiger partial charge in [-0.15, -0.1) is 0 Å². The highest BCUT2D eigenvalue weighted by atomic mass is 35.5. The number of nitrogens with zero attached hydrogens (tertiary/aromatic N) is 3. The molecular formula is C25H26ClF3N6. The van der Waals surface area contributed by atoms with Crippen molar-refractivity contribution in [3.05, 3.63) is 82.5 Å². The second-order valence-electron chi connectivity index (χ2n) is 8.42. The van der Waals surface area contributed by atoms with Crippen LogP contribution in [0.4, 0.5) is 19.0 Å². The molecule has 1 fully saturated rings. The van der Waals surface area contributed by atoms with Gasteiger partial charge in [-0.2, -0.15) is 0 Å². The molecule has 184 valence electrons. The number of nitrogen functional groups attached to an aromatic ring is 1. The van der Waals surface area contributed by atoms with Crippen LogP contribution in [-0.2, 0) is 13.1 Å². The van der Waals surface area contributed by atoms with Crippen LogP contribution in [0, 0.1) is 23.4 Å². The molecule has 0 spiro atoms. The first-order chi connectivity index (χ1) is 16.8. The number of imidazole rings is 1. The van der Waals surface area contributed by atoms with E-state index in [9.17, 15) is 13.2 Å². The Balaban J connectivity index is 1.58. The summed E-state index contributed by atoms with van der Waals surface area (Å²) in [5.41, 5.74) is 7.21. The number of anilines is 1. The van der Waals surface area contributed by atoms with Crippen molar-refractivity contribution in [2.45, 2.75) is 25.9 Å². The predicted octanol–water partition coefficient (Wildman–Crippen LogP) is 4.88. The third kappa shape index (κ3) is 5.86. The van der Waals surface area contributed by atoms with E-state index in [4.69, 9.17) is 17.3 Å². The molecule has 0 saturated carbocycles. The Kier molecular flexibility index (Phi) is 7.77. The monoisotopic (exact) mass is 502 g/mol. The van der Waals surface area contributed by atoms with E-state index in [1.807, 2.05) is 0 Å². The van der Waals surface area contributed by atoms with Gasteiger partial charge < -0.3 is 20.9 Å². The summed E-state index contributed by atoms with van der Waals surface area (Å²) in [6, 6.07) is 7.80. The third-order valence-corrected chi connectivity index (χ3v) is 6.22. The summed E-state index contributed by atoms with van der Waals surface area (Å²) in [6.07, 6.45) is 3.47. The van der Waals surface area contributed by atoms with Crippen LogP contribution >= 0.6 is 11.6 Å². The first kappa shape index (κ1) is 24.8. The number of benzene rings is 2. The van der Waals surface area contributed by atoms with Crippen LogP contribution in [0.2, 0.25) is 5.02 Å². The van der Waals surface area contributed by atoms with E-state index >= 15 is 0 Å². The number of nitrogens with two attached hydrogens (primary N) is 1. The Morgan fingerprint density at radius 2 is 2.11 bits per heavy atom. The molecule has 2 heterocycles. The van der Waals surface area contributed by atoms with Crippen molar-refractivity contribution >= 4 is 23.6 Å². The van der Waals surface area contributed by atoms with Crippen molar-refractivity contribution in [1.29, 1.82) is 0 Å². The molecule has 0 aliphatic carbocycles. The largest absolute Gasteiger partial charge is 0.383 e. The van der Waals surface area contributed by atoms with Crippen LogP contribution in [0.1, 0.15) is 24.1 Å². The van der Waals surface area contributed by atoms with Gasteiger partial charge in [0.05, 0.1) is 16.8 Å². The number of rotatable bonds is 8. The van der Waals surface area contributed by atoms with Gasteiger partial charge in [0.25, 0.3) is 0 Å². The second-order valence-corrected chi connectivity index (χ2v) is 8.83. The topological polar surface area (TPSA) is 80.3 Å².